The Labute approximate surface area is 77.6 Å². The lowest BCUT2D eigenvalue weighted by atomic mass is 10.2. The summed E-state index contributed by atoms with van der Waals surface area (Å²) in [6.45, 7) is 3.31. The zero-order valence-electron chi connectivity index (χ0n) is 6.39. The van der Waals surface area contributed by atoms with Crippen LogP contribution in [0, 0.1) is 6.92 Å². The van der Waals surface area contributed by atoms with Gasteiger partial charge in [0.1, 0.15) is 5.15 Å². The fraction of sp³-hybridized carbons (Fsp3) is 0.333. The van der Waals surface area contributed by atoms with Crippen molar-refractivity contribution < 1.29 is 4.79 Å². The molecule has 0 fully saturated rings. The van der Waals surface area contributed by atoms with Crippen LogP contribution < -0.4 is 0 Å². The highest BCUT2D eigenvalue weighted by Crippen LogP contribution is 2.10. The largest absolute Gasteiger partial charge is 0.295 e. The van der Waals surface area contributed by atoms with Crippen molar-refractivity contribution in [1.82, 2.24) is 4.98 Å². The van der Waals surface area contributed by atoms with Crippen LogP contribution in [0.15, 0.2) is 12.1 Å². The van der Waals surface area contributed by atoms with E-state index in [0.29, 0.717) is 10.7 Å². The van der Waals surface area contributed by atoms with Crippen LogP contribution in [0.5, 0.6) is 0 Å². The minimum atomic E-state index is 0. The molecule has 1 aromatic rings. The summed E-state index contributed by atoms with van der Waals surface area (Å²) in [5.41, 5.74) is 1.38. The van der Waals surface area contributed by atoms with Crippen LogP contribution >= 0.6 is 11.6 Å². The zero-order chi connectivity index (χ0) is 8.43. The number of rotatable bonds is 1. The van der Waals surface area contributed by atoms with Crippen LogP contribution in [0.2, 0.25) is 5.15 Å². The van der Waals surface area contributed by atoms with E-state index in [0.717, 1.165) is 5.69 Å². The van der Waals surface area contributed by atoms with Gasteiger partial charge in [-0.15, -0.1) is 0 Å². The van der Waals surface area contributed by atoms with Crippen molar-refractivity contribution in [2.45, 2.75) is 21.3 Å². The Kier molecular flexibility index (Phi) is 3.90. The number of pyridine rings is 1. The summed E-state index contributed by atoms with van der Waals surface area (Å²) < 4.78 is 0. The van der Waals surface area contributed by atoms with Crippen molar-refractivity contribution in [1.29, 1.82) is 0 Å². The van der Waals surface area contributed by atoms with Gasteiger partial charge >= 0.3 is 0 Å². The third-order valence-electron chi connectivity index (χ3n) is 1.33. The molecule has 1 aromatic heterocycles. The van der Waals surface area contributed by atoms with Gasteiger partial charge in [-0.3, -0.25) is 4.79 Å². The molecule has 0 atom stereocenters. The van der Waals surface area contributed by atoms with Gasteiger partial charge in [-0.05, 0) is 26.0 Å². The van der Waals surface area contributed by atoms with E-state index in [1.54, 1.807) is 19.1 Å². The summed E-state index contributed by atoms with van der Waals surface area (Å²) in [6.07, 6.45) is 0. The molecule has 1 heterocycles. The number of hydrogen-bond donors (Lipinski definition) is 0. The molecule has 0 spiro atoms. The fourth-order valence-electron chi connectivity index (χ4n) is 0.831. The highest BCUT2D eigenvalue weighted by Gasteiger charge is 2.01. The lowest BCUT2D eigenvalue weighted by Crippen LogP contribution is -1.94. The first-order valence-electron chi connectivity index (χ1n) is 3.25. The van der Waals surface area contributed by atoms with E-state index < -0.39 is 0 Å². The molecular formula is C9H12ClNO. The molecule has 1 rings (SSSR count). The Hall–Kier alpha value is -0.890. The van der Waals surface area contributed by atoms with Crippen molar-refractivity contribution in [3.8, 4) is 0 Å². The van der Waals surface area contributed by atoms with Gasteiger partial charge in [0.25, 0.3) is 0 Å². The number of aryl methyl sites for hydroxylation is 1. The van der Waals surface area contributed by atoms with Gasteiger partial charge in [-0.2, -0.15) is 0 Å². The minimum Gasteiger partial charge on any atom is -0.295 e. The molecule has 0 unspecified atom stereocenters. The molecule has 12 heavy (non-hydrogen) atoms. The van der Waals surface area contributed by atoms with E-state index in [4.69, 9.17) is 11.6 Å². The number of aromatic nitrogens is 1. The number of halogens is 1. The number of carbonyl (C=O) groups excluding carboxylic acids is 1. The molecule has 66 valence electrons. The van der Waals surface area contributed by atoms with E-state index in [1.165, 1.54) is 6.92 Å². The average Bonchev–Trinajstić information content (AvgIpc) is 1.85. The summed E-state index contributed by atoms with van der Waals surface area (Å²) in [6, 6.07) is 3.28. The molecule has 0 saturated heterocycles. The molecule has 0 amide bonds. The maximum absolute atomic E-state index is 10.9. The zero-order valence-corrected chi connectivity index (χ0v) is 7.14. The molecular weight excluding hydrogens is 174 g/mol. The first-order valence-corrected chi connectivity index (χ1v) is 3.62. The van der Waals surface area contributed by atoms with Crippen LogP contribution in [-0.2, 0) is 0 Å². The number of carbonyl (C=O) groups is 1. The van der Waals surface area contributed by atoms with Crippen LogP contribution in [0.3, 0.4) is 0 Å². The monoisotopic (exact) mass is 185 g/mol. The van der Waals surface area contributed by atoms with Gasteiger partial charge in [0.05, 0.1) is 0 Å². The second-order valence-electron chi connectivity index (χ2n) is 2.38. The predicted molar refractivity (Wildman–Crippen MR) is 50.7 cm³/mol. The van der Waals surface area contributed by atoms with Crippen molar-refractivity contribution in [3.05, 3.63) is 28.5 Å². The van der Waals surface area contributed by atoms with E-state index in [2.05, 4.69) is 4.98 Å². The number of ketones is 1. The van der Waals surface area contributed by atoms with Crippen molar-refractivity contribution in [2.24, 2.45) is 0 Å². The number of nitrogens with zero attached hydrogens (tertiary/aromatic N) is 1. The van der Waals surface area contributed by atoms with E-state index in [-0.39, 0.29) is 13.2 Å². The minimum absolute atomic E-state index is 0. The standard InChI is InChI=1S/C8H8ClNO.CH4/c1-5-3-7(6(2)11)4-8(9)10-5;/h3-4H,1-2H3;1H4. The third kappa shape index (κ3) is 2.62. The van der Waals surface area contributed by atoms with Gasteiger partial charge in [-0.1, -0.05) is 19.0 Å². The van der Waals surface area contributed by atoms with E-state index in [1.807, 2.05) is 0 Å². The average molecular weight is 186 g/mol. The molecule has 0 saturated carbocycles. The Balaban J connectivity index is 0.00000121. The molecule has 0 radical (unpaired) electrons. The predicted octanol–water partition coefficient (Wildman–Crippen LogP) is 2.88. The Bertz CT molecular complexity index is 276. The van der Waals surface area contributed by atoms with Crippen molar-refractivity contribution in [3.63, 3.8) is 0 Å². The SMILES string of the molecule is C.CC(=O)c1cc(C)nc(Cl)c1. The fourth-order valence-corrected chi connectivity index (χ4v) is 1.08. The summed E-state index contributed by atoms with van der Waals surface area (Å²) in [7, 11) is 0. The lowest BCUT2D eigenvalue weighted by molar-refractivity contribution is 0.101. The van der Waals surface area contributed by atoms with Crippen LogP contribution in [-0.4, -0.2) is 10.8 Å². The topological polar surface area (TPSA) is 30.0 Å². The summed E-state index contributed by atoms with van der Waals surface area (Å²) >= 11 is 5.63. The molecule has 0 aromatic carbocycles. The highest BCUT2D eigenvalue weighted by atomic mass is 35.5. The first kappa shape index (κ1) is 11.1. The Morgan fingerprint density at radius 1 is 1.50 bits per heavy atom. The summed E-state index contributed by atoms with van der Waals surface area (Å²) in [4.78, 5) is 14.8. The van der Waals surface area contributed by atoms with Crippen molar-refractivity contribution in [2.75, 3.05) is 0 Å². The molecule has 0 aliphatic carbocycles. The molecule has 0 bridgehead atoms. The molecule has 3 heteroatoms. The molecule has 0 aliphatic heterocycles. The second-order valence-corrected chi connectivity index (χ2v) is 2.76. The van der Waals surface area contributed by atoms with E-state index in [9.17, 15) is 4.79 Å². The smallest absolute Gasteiger partial charge is 0.159 e. The van der Waals surface area contributed by atoms with Gasteiger partial charge in [0.15, 0.2) is 5.78 Å². The quantitative estimate of drug-likeness (QED) is 0.498. The van der Waals surface area contributed by atoms with Crippen LogP contribution in [0.1, 0.15) is 30.4 Å². The maximum Gasteiger partial charge on any atom is 0.159 e. The first-order chi connectivity index (χ1) is 5.09. The summed E-state index contributed by atoms with van der Waals surface area (Å²) in [5, 5.41) is 0.371. The lowest BCUT2D eigenvalue weighted by Gasteiger charge is -1.97. The third-order valence-corrected chi connectivity index (χ3v) is 1.52. The maximum atomic E-state index is 10.9. The van der Waals surface area contributed by atoms with Gasteiger partial charge in [0.2, 0.25) is 0 Å². The van der Waals surface area contributed by atoms with Gasteiger partial charge in [-0.25, -0.2) is 4.98 Å². The summed E-state index contributed by atoms with van der Waals surface area (Å²) in [5.74, 6) is 0.0115. The molecule has 0 N–H and O–H groups in total. The van der Waals surface area contributed by atoms with Crippen molar-refractivity contribution >= 4 is 17.4 Å². The number of Topliss-reactive ketones (excluding diaryl/α,β-unsaturated/α-hetero) is 1. The van der Waals surface area contributed by atoms with Crippen LogP contribution in [0.25, 0.3) is 0 Å². The van der Waals surface area contributed by atoms with Crippen LogP contribution in [0.4, 0.5) is 0 Å². The Morgan fingerprint density at radius 3 is 2.50 bits per heavy atom. The number of hydrogen-bond acceptors (Lipinski definition) is 2. The molecule has 0 aliphatic rings. The second kappa shape index (κ2) is 4.21. The van der Waals surface area contributed by atoms with E-state index >= 15 is 0 Å². The normalized spacial score (nSPS) is 8.92. The highest BCUT2D eigenvalue weighted by molar-refractivity contribution is 6.29. The van der Waals surface area contributed by atoms with Gasteiger partial charge in [0, 0.05) is 11.3 Å². The molecule has 2 nitrogen and oxygen atoms in total. The Morgan fingerprint density at radius 2 is 2.08 bits per heavy atom. The van der Waals surface area contributed by atoms with Gasteiger partial charge < -0.3 is 0 Å².